The largest absolute Gasteiger partial charge is 0.299 e. The van der Waals surface area contributed by atoms with E-state index in [9.17, 15) is 9.59 Å². The number of aromatic nitrogens is 2. The maximum Gasteiger partial charge on any atom is 0.273 e. The molecule has 1 amide bonds. The summed E-state index contributed by atoms with van der Waals surface area (Å²) in [6.45, 7) is 3.79. The van der Waals surface area contributed by atoms with Gasteiger partial charge in [0, 0.05) is 12.7 Å². The highest BCUT2D eigenvalue weighted by Crippen LogP contribution is 2.52. The monoisotopic (exact) mass is 478 g/mol. The van der Waals surface area contributed by atoms with Crippen LogP contribution in [0.5, 0.6) is 0 Å². The number of carbonyl (C=O) groups excluding carboxylic acids is 1. The molecule has 3 heterocycles. The zero-order valence-electron chi connectivity index (χ0n) is 17.5. The van der Waals surface area contributed by atoms with Gasteiger partial charge < -0.3 is 0 Å². The molecule has 9 heteroatoms. The number of thioether (sulfide) groups is 2. The Kier molecular flexibility index (Phi) is 5.19. The third kappa shape index (κ3) is 3.28. The molecule has 2 aliphatic heterocycles. The number of anilines is 3. The second kappa shape index (κ2) is 7.91. The van der Waals surface area contributed by atoms with E-state index in [4.69, 9.17) is 17.2 Å². The zero-order valence-corrected chi connectivity index (χ0v) is 20.0. The summed E-state index contributed by atoms with van der Waals surface area (Å²) < 4.78 is 1.98. The van der Waals surface area contributed by atoms with Gasteiger partial charge in [-0.2, -0.15) is 0 Å². The summed E-state index contributed by atoms with van der Waals surface area (Å²) in [4.78, 5) is 35.7. The molecular formula is C23H18N4O2S3. The fourth-order valence-electron chi connectivity index (χ4n) is 3.53. The van der Waals surface area contributed by atoms with Crippen LogP contribution in [0.4, 0.5) is 17.2 Å². The van der Waals surface area contributed by atoms with Gasteiger partial charge in [0.1, 0.15) is 20.7 Å². The summed E-state index contributed by atoms with van der Waals surface area (Å²) in [6, 6.07) is 17.3. The number of rotatable bonds is 2. The zero-order chi connectivity index (χ0) is 22.6. The molecule has 0 bridgehead atoms. The Morgan fingerprint density at radius 1 is 0.875 bits per heavy atom. The van der Waals surface area contributed by atoms with E-state index in [0.717, 1.165) is 16.9 Å². The number of nitrogens with zero attached hydrogens (tertiary/aromatic N) is 4. The number of amides is 1. The van der Waals surface area contributed by atoms with Crippen LogP contribution in [0.15, 0.2) is 74.2 Å². The number of benzene rings is 2. The molecule has 0 N–H and O–H groups in total. The fourth-order valence-corrected chi connectivity index (χ4v) is 6.14. The van der Waals surface area contributed by atoms with Crippen LogP contribution in [0.2, 0.25) is 0 Å². The van der Waals surface area contributed by atoms with E-state index in [-0.39, 0.29) is 11.5 Å². The van der Waals surface area contributed by atoms with Crippen LogP contribution in [0.3, 0.4) is 0 Å². The number of hydrogen-bond donors (Lipinski definition) is 0. The minimum atomic E-state index is -0.200. The van der Waals surface area contributed by atoms with Crippen LogP contribution in [0.1, 0.15) is 11.4 Å². The standard InChI is InChI=1S/C23H18N4O2S3/c1-13-9-11-16(12-10-13)27-21(29)18(32-23(27)30)22-26(15-7-5-4-6-8-15)19-17(31-22)20(28)25(3)14(2)24-19/h4-12H,1-3H3/b22-18+. The molecular weight excluding hydrogens is 460 g/mol. The molecule has 1 saturated heterocycles. The Labute approximate surface area is 198 Å². The fraction of sp³-hybridized carbons (Fsp3) is 0.130. The van der Waals surface area contributed by atoms with Gasteiger partial charge in [0.15, 0.2) is 10.1 Å². The quantitative estimate of drug-likeness (QED) is 0.384. The van der Waals surface area contributed by atoms with Crippen molar-refractivity contribution in [3.63, 3.8) is 0 Å². The van der Waals surface area contributed by atoms with Gasteiger partial charge in [0.25, 0.3) is 11.5 Å². The average molecular weight is 479 g/mol. The van der Waals surface area contributed by atoms with Crippen molar-refractivity contribution in [2.24, 2.45) is 7.05 Å². The van der Waals surface area contributed by atoms with Gasteiger partial charge >= 0.3 is 0 Å². The third-order valence-corrected chi connectivity index (χ3v) is 7.97. The summed E-state index contributed by atoms with van der Waals surface area (Å²) in [5.74, 6) is 0.940. The van der Waals surface area contributed by atoms with Crippen LogP contribution < -0.4 is 15.4 Å². The first-order valence-corrected chi connectivity index (χ1v) is 11.9. The lowest BCUT2D eigenvalue weighted by atomic mass is 10.2. The molecule has 1 fully saturated rings. The van der Waals surface area contributed by atoms with Gasteiger partial charge in [-0.15, -0.1) is 0 Å². The molecule has 0 unspecified atom stereocenters. The number of para-hydroxylation sites is 1. The first kappa shape index (κ1) is 21.0. The second-order valence-corrected chi connectivity index (χ2v) is 10.1. The summed E-state index contributed by atoms with van der Waals surface area (Å²) in [5, 5.41) is 0.647. The van der Waals surface area contributed by atoms with E-state index in [1.165, 1.54) is 28.1 Å². The Hall–Kier alpha value is -2.88. The van der Waals surface area contributed by atoms with Crippen molar-refractivity contribution in [2.75, 3.05) is 9.80 Å². The number of thiocarbonyl (C=S) groups is 1. The first-order chi connectivity index (χ1) is 15.4. The Morgan fingerprint density at radius 2 is 1.53 bits per heavy atom. The van der Waals surface area contributed by atoms with Crippen molar-refractivity contribution in [1.82, 2.24) is 9.55 Å². The molecule has 160 valence electrons. The summed E-state index contributed by atoms with van der Waals surface area (Å²) in [5.41, 5.74) is 2.52. The molecule has 0 spiro atoms. The minimum absolute atomic E-state index is 0.137. The number of fused-ring (bicyclic) bond motifs is 1. The molecule has 5 rings (SSSR count). The second-order valence-electron chi connectivity index (χ2n) is 7.43. The van der Waals surface area contributed by atoms with Crippen molar-refractivity contribution in [2.45, 2.75) is 18.7 Å². The Balaban J connectivity index is 1.68. The normalized spacial score (nSPS) is 18.0. The van der Waals surface area contributed by atoms with Crippen LogP contribution in [-0.2, 0) is 11.8 Å². The van der Waals surface area contributed by atoms with Crippen molar-refractivity contribution < 1.29 is 4.79 Å². The molecule has 0 aliphatic carbocycles. The van der Waals surface area contributed by atoms with Crippen LogP contribution in [0, 0.1) is 13.8 Å². The third-order valence-electron chi connectivity index (χ3n) is 5.34. The van der Waals surface area contributed by atoms with Gasteiger partial charge in [0.2, 0.25) is 0 Å². The lowest BCUT2D eigenvalue weighted by molar-refractivity contribution is -0.113. The summed E-state index contributed by atoms with van der Waals surface area (Å²) in [7, 11) is 1.70. The molecule has 0 radical (unpaired) electrons. The summed E-state index contributed by atoms with van der Waals surface area (Å²) in [6.07, 6.45) is 0. The molecule has 3 aromatic rings. The highest BCUT2D eigenvalue weighted by molar-refractivity contribution is 8.27. The highest BCUT2D eigenvalue weighted by Gasteiger charge is 2.42. The van der Waals surface area contributed by atoms with E-state index < -0.39 is 0 Å². The number of aryl methyl sites for hydroxylation is 2. The molecule has 0 atom stereocenters. The summed E-state index contributed by atoms with van der Waals surface area (Å²) >= 11 is 8.10. The average Bonchev–Trinajstić information content (AvgIpc) is 3.30. The van der Waals surface area contributed by atoms with Gasteiger partial charge in [-0.1, -0.05) is 71.6 Å². The highest BCUT2D eigenvalue weighted by atomic mass is 32.2. The van der Waals surface area contributed by atoms with E-state index in [1.54, 1.807) is 18.9 Å². The van der Waals surface area contributed by atoms with Crippen LogP contribution >= 0.6 is 35.7 Å². The van der Waals surface area contributed by atoms with Gasteiger partial charge in [-0.3, -0.25) is 24.0 Å². The smallest absolute Gasteiger partial charge is 0.273 e. The van der Waals surface area contributed by atoms with Gasteiger partial charge in [0.05, 0.1) is 5.69 Å². The van der Waals surface area contributed by atoms with Crippen LogP contribution in [-0.4, -0.2) is 19.8 Å². The van der Waals surface area contributed by atoms with Crippen molar-refractivity contribution in [3.8, 4) is 0 Å². The van der Waals surface area contributed by atoms with E-state index >= 15 is 0 Å². The van der Waals surface area contributed by atoms with E-state index in [0.29, 0.717) is 30.8 Å². The van der Waals surface area contributed by atoms with Crippen LogP contribution in [0.25, 0.3) is 0 Å². The Bertz CT molecular complexity index is 1360. The maximum absolute atomic E-state index is 13.6. The van der Waals surface area contributed by atoms with Crippen molar-refractivity contribution in [3.05, 3.63) is 86.3 Å². The molecule has 2 aliphatic rings. The minimum Gasteiger partial charge on any atom is -0.299 e. The van der Waals surface area contributed by atoms with Crippen molar-refractivity contribution >= 4 is 63.2 Å². The predicted molar refractivity (Wildman–Crippen MR) is 135 cm³/mol. The molecule has 6 nitrogen and oxygen atoms in total. The molecule has 2 aromatic carbocycles. The van der Waals surface area contributed by atoms with Crippen molar-refractivity contribution in [1.29, 1.82) is 0 Å². The predicted octanol–water partition coefficient (Wildman–Crippen LogP) is 4.87. The first-order valence-electron chi connectivity index (χ1n) is 9.84. The van der Waals surface area contributed by atoms with Gasteiger partial charge in [-0.05, 0) is 38.1 Å². The topological polar surface area (TPSA) is 58.4 Å². The molecule has 1 aromatic heterocycles. The molecule has 0 saturated carbocycles. The maximum atomic E-state index is 13.6. The number of hydrogen-bond acceptors (Lipinski definition) is 7. The van der Waals surface area contributed by atoms with Gasteiger partial charge in [-0.25, -0.2) is 4.98 Å². The van der Waals surface area contributed by atoms with E-state index in [2.05, 4.69) is 0 Å². The number of carbonyl (C=O) groups is 1. The molecule has 32 heavy (non-hydrogen) atoms. The lowest BCUT2D eigenvalue weighted by Crippen LogP contribution is -2.28. The Morgan fingerprint density at radius 3 is 2.22 bits per heavy atom. The SMILES string of the molecule is Cc1ccc(N2C(=O)/C(=C3\Sc4c(nc(C)n(C)c4=O)N3c3ccccc3)SC2=S)cc1. The lowest BCUT2D eigenvalue weighted by Gasteiger charge is -2.21. The van der Waals surface area contributed by atoms with E-state index in [1.807, 2.05) is 66.4 Å².